The van der Waals surface area contributed by atoms with Crippen molar-refractivity contribution in [1.29, 1.82) is 0 Å². The SMILES string of the molecule is Cc1ccc2c(c1)C(=O)C(=O)N2C[NH+]1CCCC1. The lowest BCUT2D eigenvalue weighted by atomic mass is 10.1. The molecule has 1 amide bonds. The van der Waals surface area contributed by atoms with Gasteiger partial charge in [0.25, 0.3) is 5.78 Å². The zero-order chi connectivity index (χ0) is 12.7. The number of amides is 1. The van der Waals surface area contributed by atoms with E-state index < -0.39 is 0 Å². The smallest absolute Gasteiger partial charge is 0.303 e. The van der Waals surface area contributed by atoms with Crippen LogP contribution in [0.5, 0.6) is 0 Å². The van der Waals surface area contributed by atoms with Crippen LogP contribution in [-0.2, 0) is 4.79 Å². The Morgan fingerprint density at radius 1 is 1.22 bits per heavy atom. The molecule has 94 valence electrons. The molecule has 2 aliphatic rings. The third-order valence-corrected chi connectivity index (χ3v) is 3.82. The van der Waals surface area contributed by atoms with E-state index in [1.807, 2.05) is 25.1 Å². The first-order valence-electron chi connectivity index (χ1n) is 6.47. The zero-order valence-corrected chi connectivity index (χ0v) is 10.5. The minimum absolute atomic E-state index is 0.354. The number of likely N-dealkylation sites (tertiary alicyclic amines) is 1. The summed E-state index contributed by atoms with van der Waals surface area (Å²) in [6.45, 7) is 4.76. The standard InChI is InChI=1S/C14H16N2O2/c1-10-4-5-12-11(8-10)13(17)14(18)16(12)9-15-6-2-3-7-15/h4-5,8H,2-3,6-7,9H2,1H3/p+1. The van der Waals surface area contributed by atoms with Gasteiger partial charge >= 0.3 is 5.91 Å². The Labute approximate surface area is 106 Å². The lowest BCUT2D eigenvalue weighted by molar-refractivity contribution is -0.886. The van der Waals surface area contributed by atoms with Gasteiger partial charge in [-0.3, -0.25) is 14.5 Å². The van der Waals surface area contributed by atoms with E-state index in [9.17, 15) is 9.59 Å². The number of rotatable bonds is 2. The molecule has 4 heteroatoms. The molecule has 0 radical (unpaired) electrons. The Hall–Kier alpha value is -1.68. The number of ketones is 1. The van der Waals surface area contributed by atoms with Crippen LogP contribution in [-0.4, -0.2) is 31.4 Å². The molecular weight excluding hydrogens is 228 g/mol. The van der Waals surface area contributed by atoms with E-state index in [1.54, 1.807) is 4.90 Å². The summed E-state index contributed by atoms with van der Waals surface area (Å²) in [5.41, 5.74) is 2.37. The number of aryl methyl sites for hydroxylation is 1. The topological polar surface area (TPSA) is 41.8 Å². The second-order valence-electron chi connectivity index (χ2n) is 5.20. The highest BCUT2D eigenvalue weighted by molar-refractivity contribution is 6.52. The molecule has 2 heterocycles. The van der Waals surface area contributed by atoms with Crippen LogP contribution in [0.2, 0.25) is 0 Å². The van der Waals surface area contributed by atoms with Gasteiger partial charge in [-0.05, 0) is 19.1 Å². The van der Waals surface area contributed by atoms with Crippen molar-refractivity contribution < 1.29 is 14.5 Å². The Morgan fingerprint density at radius 3 is 2.67 bits per heavy atom. The van der Waals surface area contributed by atoms with Crippen LogP contribution in [0, 0.1) is 6.92 Å². The molecule has 1 aromatic rings. The summed E-state index contributed by atoms with van der Waals surface area (Å²) >= 11 is 0. The monoisotopic (exact) mass is 245 g/mol. The minimum atomic E-state index is -0.366. The van der Waals surface area contributed by atoms with E-state index in [0.29, 0.717) is 12.2 Å². The average Bonchev–Trinajstić information content (AvgIpc) is 2.94. The van der Waals surface area contributed by atoms with E-state index in [0.717, 1.165) is 24.3 Å². The van der Waals surface area contributed by atoms with Gasteiger partial charge in [0.15, 0.2) is 6.67 Å². The molecule has 4 nitrogen and oxygen atoms in total. The van der Waals surface area contributed by atoms with Gasteiger partial charge < -0.3 is 4.90 Å². The molecule has 0 aromatic heterocycles. The number of carbonyl (C=O) groups is 2. The van der Waals surface area contributed by atoms with Crippen molar-refractivity contribution in [2.45, 2.75) is 19.8 Å². The van der Waals surface area contributed by atoms with Crippen LogP contribution in [0.3, 0.4) is 0 Å². The van der Waals surface area contributed by atoms with Crippen molar-refractivity contribution in [2.24, 2.45) is 0 Å². The van der Waals surface area contributed by atoms with E-state index in [1.165, 1.54) is 17.7 Å². The fraction of sp³-hybridized carbons (Fsp3) is 0.429. The average molecular weight is 245 g/mol. The first-order chi connectivity index (χ1) is 8.66. The number of fused-ring (bicyclic) bond motifs is 1. The summed E-state index contributed by atoms with van der Waals surface area (Å²) in [7, 11) is 0. The van der Waals surface area contributed by atoms with E-state index in [-0.39, 0.29) is 11.7 Å². The van der Waals surface area contributed by atoms with Crippen LogP contribution in [0.4, 0.5) is 5.69 Å². The zero-order valence-electron chi connectivity index (χ0n) is 10.5. The molecule has 0 bridgehead atoms. The Morgan fingerprint density at radius 2 is 1.94 bits per heavy atom. The molecule has 1 N–H and O–H groups in total. The maximum Gasteiger partial charge on any atom is 0.303 e. The minimum Gasteiger partial charge on any atom is -0.317 e. The highest BCUT2D eigenvalue weighted by atomic mass is 16.2. The number of Topliss-reactive ketones (excluding diaryl/α,β-unsaturated/α-hetero) is 1. The molecule has 0 unspecified atom stereocenters. The van der Waals surface area contributed by atoms with Gasteiger partial charge in [-0.15, -0.1) is 0 Å². The number of carbonyl (C=O) groups excluding carboxylic acids is 2. The lowest BCUT2D eigenvalue weighted by Gasteiger charge is -2.20. The number of nitrogens with one attached hydrogen (secondary N) is 1. The van der Waals surface area contributed by atoms with Crippen molar-refractivity contribution >= 4 is 17.4 Å². The second-order valence-corrected chi connectivity index (χ2v) is 5.20. The summed E-state index contributed by atoms with van der Waals surface area (Å²) in [5, 5.41) is 0. The normalized spacial score (nSPS) is 19.7. The van der Waals surface area contributed by atoms with Crippen LogP contribution in [0.15, 0.2) is 18.2 Å². The summed E-state index contributed by atoms with van der Waals surface area (Å²) in [6.07, 6.45) is 2.43. The van der Waals surface area contributed by atoms with E-state index in [4.69, 9.17) is 0 Å². The van der Waals surface area contributed by atoms with Crippen molar-refractivity contribution in [3.63, 3.8) is 0 Å². The molecule has 0 spiro atoms. The van der Waals surface area contributed by atoms with Crippen LogP contribution < -0.4 is 9.80 Å². The molecule has 3 rings (SSSR count). The molecule has 0 atom stereocenters. The maximum atomic E-state index is 12.0. The summed E-state index contributed by atoms with van der Waals surface area (Å²) in [6, 6.07) is 5.66. The fourth-order valence-electron chi connectivity index (χ4n) is 2.83. The predicted molar refractivity (Wildman–Crippen MR) is 67.8 cm³/mol. The fourth-order valence-corrected chi connectivity index (χ4v) is 2.83. The summed E-state index contributed by atoms with van der Waals surface area (Å²) in [4.78, 5) is 27.0. The number of hydrogen-bond acceptors (Lipinski definition) is 2. The molecule has 1 aromatic carbocycles. The van der Waals surface area contributed by atoms with E-state index >= 15 is 0 Å². The summed E-state index contributed by atoms with van der Waals surface area (Å²) in [5.74, 6) is -0.720. The maximum absolute atomic E-state index is 12.0. The molecule has 18 heavy (non-hydrogen) atoms. The third kappa shape index (κ3) is 1.73. The second kappa shape index (κ2) is 4.21. The molecule has 2 aliphatic heterocycles. The molecule has 1 saturated heterocycles. The Bertz CT molecular complexity index is 519. The van der Waals surface area contributed by atoms with Gasteiger partial charge in [0, 0.05) is 12.8 Å². The van der Waals surface area contributed by atoms with Crippen molar-refractivity contribution in [1.82, 2.24) is 0 Å². The van der Waals surface area contributed by atoms with Gasteiger partial charge in [-0.1, -0.05) is 11.6 Å². The van der Waals surface area contributed by atoms with Crippen LogP contribution in [0.25, 0.3) is 0 Å². The number of anilines is 1. The lowest BCUT2D eigenvalue weighted by Crippen LogP contribution is -3.11. The molecular formula is C14H17N2O2+. The van der Waals surface area contributed by atoms with Crippen LogP contribution >= 0.6 is 0 Å². The third-order valence-electron chi connectivity index (χ3n) is 3.82. The molecule has 1 fully saturated rings. The highest BCUT2D eigenvalue weighted by Crippen LogP contribution is 2.28. The predicted octanol–water partition coefficient (Wildman–Crippen LogP) is 0.161. The number of quaternary nitrogens is 1. The number of nitrogens with zero attached hydrogens (tertiary/aromatic N) is 1. The van der Waals surface area contributed by atoms with Gasteiger partial charge in [-0.2, -0.15) is 0 Å². The number of benzene rings is 1. The van der Waals surface area contributed by atoms with Gasteiger partial charge in [0.05, 0.1) is 24.3 Å². The first kappa shape index (κ1) is 11.4. The van der Waals surface area contributed by atoms with Crippen molar-refractivity contribution in [3.05, 3.63) is 29.3 Å². The Balaban J connectivity index is 1.91. The van der Waals surface area contributed by atoms with Gasteiger partial charge in [0.2, 0.25) is 0 Å². The quantitative estimate of drug-likeness (QED) is 0.754. The summed E-state index contributed by atoms with van der Waals surface area (Å²) < 4.78 is 0. The molecule has 0 saturated carbocycles. The van der Waals surface area contributed by atoms with Gasteiger partial charge in [0.1, 0.15) is 0 Å². The van der Waals surface area contributed by atoms with Crippen molar-refractivity contribution in [2.75, 3.05) is 24.7 Å². The Kier molecular flexibility index (Phi) is 2.67. The first-order valence-corrected chi connectivity index (χ1v) is 6.47. The molecule has 0 aliphatic carbocycles. The van der Waals surface area contributed by atoms with E-state index in [2.05, 4.69) is 0 Å². The van der Waals surface area contributed by atoms with Gasteiger partial charge in [-0.25, -0.2) is 0 Å². The highest BCUT2D eigenvalue weighted by Gasteiger charge is 2.38. The van der Waals surface area contributed by atoms with Crippen molar-refractivity contribution in [3.8, 4) is 0 Å². The van der Waals surface area contributed by atoms with Crippen LogP contribution in [0.1, 0.15) is 28.8 Å². The number of hydrogen-bond donors (Lipinski definition) is 1. The largest absolute Gasteiger partial charge is 0.317 e.